The lowest BCUT2D eigenvalue weighted by Gasteiger charge is -2.09. The second kappa shape index (κ2) is 6.37. The normalized spacial score (nSPS) is 10.8. The van der Waals surface area contributed by atoms with Crippen LogP contribution in [-0.2, 0) is 13.0 Å². The fraction of sp³-hybridized carbons (Fsp3) is 0.375. The van der Waals surface area contributed by atoms with E-state index in [-0.39, 0.29) is 0 Å². The largest absolute Gasteiger partial charge is 0.384 e. The summed E-state index contributed by atoms with van der Waals surface area (Å²) in [5.41, 5.74) is 8.35. The molecular weight excluding hydrogens is 248 g/mol. The minimum atomic E-state index is 0.509. The number of anilines is 2. The molecule has 1 aromatic carbocycles. The molecule has 1 aromatic heterocycles. The highest BCUT2D eigenvalue weighted by molar-refractivity contribution is 5.45. The maximum Gasteiger partial charge on any atom is 0.132 e. The molecule has 0 aliphatic heterocycles. The Balaban J connectivity index is 2.03. The number of nitrogens with zero attached hydrogens (tertiary/aromatic N) is 2. The van der Waals surface area contributed by atoms with Gasteiger partial charge >= 0.3 is 0 Å². The number of nitrogens with one attached hydrogen (secondary N) is 1. The van der Waals surface area contributed by atoms with Gasteiger partial charge in [0.15, 0.2) is 0 Å². The lowest BCUT2D eigenvalue weighted by Crippen LogP contribution is -2.06. The van der Waals surface area contributed by atoms with Crippen molar-refractivity contribution < 1.29 is 0 Å². The first-order valence-electron chi connectivity index (χ1n) is 7.04. The predicted octanol–water partition coefficient (Wildman–Crippen LogP) is 3.36. The van der Waals surface area contributed by atoms with E-state index in [1.807, 2.05) is 6.92 Å². The van der Waals surface area contributed by atoms with Crippen molar-refractivity contribution in [2.24, 2.45) is 0 Å². The van der Waals surface area contributed by atoms with Gasteiger partial charge in [0.2, 0.25) is 0 Å². The third-order valence-corrected chi connectivity index (χ3v) is 3.23. The van der Waals surface area contributed by atoms with Gasteiger partial charge in [-0.2, -0.15) is 0 Å². The van der Waals surface area contributed by atoms with E-state index in [1.54, 1.807) is 6.07 Å². The fourth-order valence-corrected chi connectivity index (χ4v) is 1.98. The summed E-state index contributed by atoms with van der Waals surface area (Å²) in [5, 5.41) is 3.29. The molecule has 1 heterocycles. The van der Waals surface area contributed by atoms with E-state index in [1.165, 1.54) is 11.1 Å². The SMILES string of the molecule is CCc1nc(N)cc(NCc2ccc(C(C)C)cc2)n1. The van der Waals surface area contributed by atoms with Gasteiger partial charge in [-0.1, -0.05) is 45.0 Å². The molecule has 0 aliphatic carbocycles. The topological polar surface area (TPSA) is 63.8 Å². The second-order valence-electron chi connectivity index (χ2n) is 5.20. The quantitative estimate of drug-likeness (QED) is 0.874. The molecule has 3 N–H and O–H groups in total. The van der Waals surface area contributed by atoms with E-state index in [4.69, 9.17) is 5.73 Å². The summed E-state index contributed by atoms with van der Waals surface area (Å²) in [6.07, 6.45) is 0.781. The molecule has 0 aliphatic rings. The zero-order chi connectivity index (χ0) is 14.5. The molecule has 20 heavy (non-hydrogen) atoms. The van der Waals surface area contributed by atoms with Gasteiger partial charge in [0.05, 0.1) is 0 Å². The highest BCUT2D eigenvalue weighted by Crippen LogP contribution is 2.16. The molecule has 0 amide bonds. The molecule has 2 rings (SSSR count). The standard InChI is InChI=1S/C16H22N4/c1-4-15-19-14(17)9-16(20-15)18-10-12-5-7-13(8-6-12)11(2)3/h5-9,11H,4,10H2,1-3H3,(H3,17,18,19,20). The molecule has 0 fully saturated rings. The summed E-state index contributed by atoms with van der Waals surface area (Å²) in [7, 11) is 0. The van der Waals surface area contributed by atoms with Crippen molar-refractivity contribution in [3.63, 3.8) is 0 Å². The van der Waals surface area contributed by atoms with Crippen LogP contribution in [0.4, 0.5) is 11.6 Å². The molecule has 0 radical (unpaired) electrons. The fourth-order valence-electron chi connectivity index (χ4n) is 1.98. The van der Waals surface area contributed by atoms with E-state index in [0.717, 1.165) is 24.6 Å². The van der Waals surface area contributed by atoms with E-state index in [9.17, 15) is 0 Å². The van der Waals surface area contributed by atoms with Crippen molar-refractivity contribution >= 4 is 11.6 Å². The summed E-state index contributed by atoms with van der Waals surface area (Å²) in [6, 6.07) is 10.4. The average molecular weight is 270 g/mol. The van der Waals surface area contributed by atoms with Gasteiger partial charge in [0.1, 0.15) is 17.5 Å². The van der Waals surface area contributed by atoms with E-state index >= 15 is 0 Å². The zero-order valence-corrected chi connectivity index (χ0v) is 12.4. The van der Waals surface area contributed by atoms with Crippen molar-refractivity contribution in [1.29, 1.82) is 0 Å². The van der Waals surface area contributed by atoms with E-state index < -0.39 is 0 Å². The van der Waals surface area contributed by atoms with Gasteiger partial charge < -0.3 is 11.1 Å². The van der Waals surface area contributed by atoms with E-state index in [2.05, 4.69) is 53.4 Å². The number of benzene rings is 1. The highest BCUT2D eigenvalue weighted by atomic mass is 15.0. The maximum absolute atomic E-state index is 5.77. The first-order valence-corrected chi connectivity index (χ1v) is 7.04. The van der Waals surface area contributed by atoms with Crippen LogP contribution in [0, 0.1) is 0 Å². The van der Waals surface area contributed by atoms with Crippen LogP contribution in [0.3, 0.4) is 0 Å². The number of aryl methyl sites for hydroxylation is 1. The maximum atomic E-state index is 5.77. The first-order chi connectivity index (χ1) is 9.58. The van der Waals surface area contributed by atoms with Crippen LogP contribution in [0.15, 0.2) is 30.3 Å². The first kappa shape index (κ1) is 14.3. The minimum absolute atomic E-state index is 0.509. The third-order valence-electron chi connectivity index (χ3n) is 3.23. The Morgan fingerprint density at radius 2 is 1.85 bits per heavy atom. The molecule has 106 valence electrons. The van der Waals surface area contributed by atoms with Crippen molar-refractivity contribution in [3.05, 3.63) is 47.3 Å². The lowest BCUT2D eigenvalue weighted by atomic mass is 10.0. The molecule has 4 nitrogen and oxygen atoms in total. The molecule has 0 atom stereocenters. The van der Waals surface area contributed by atoms with Gasteiger partial charge in [0, 0.05) is 19.0 Å². The lowest BCUT2D eigenvalue weighted by molar-refractivity contribution is 0.865. The molecule has 4 heteroatoms. The Labute approximate surface area is 120 Å². The number of hydrogen-bond acceptors (Lipinski definition) is 4. The van der Waals surface area contributed by atoms with Crippen LogP contribution in [0.1, 0.15) is 43.6 Å². The predicted molar refractivity (Wildman–Crippen MR) is 83.7 cm³/mol. The van der Waals surface area contributed by atoms with Crippen molar-refractivity contribution in [1.82, 2.24) is 9.97 Å². The highest BCUT2D eigenvalue weighted by Gasteiger charge is 2.02. The molecule has 0 saturated heterocycles. The summed E-state index contributed by atoms with van der Waals surface area (Å²) in [5.74, 6) is 2.62. The Bertz CT molecular complexity index is 561. The smallest absolute Gasteiger partial charge is 0.132 e. The van der Waals surface area contributed by atoms with Crippen LogP contribution in [0.2, 0.25) is 0 Å². The van der Waals surface area contributed by atoms with Gasteiger partial charge in [-0.15, -0.1) is 0 Å². The van der Waals surface area contributed by atoms with E-state index in [0.29, 0.717) is 11.7 Å². The van der Waals surface area contributed by atoms with Crippen LogP contribution < -0.4 is 11.1 Å². The summed E-state index contributed by atoms with van der Waals surface area (Å²) in [6.45, 7) is 7.15. The molecule has 2 aromatic rings. The molecule has 0 saturated carbocycles. The molecule has 0 spiro atoms. The number of nitrogens with two attached hydrogens (primary N) is 1. The zero-order valence-electron chi connectivity index (χ0n) is 12.4. The third kappa shape index (κ3) is 3.70. The molecule has 0 bridgehead atoms. The van der Waals surface area contributed by atoms with Crippen molar-refractivity contribution in [2.75, 3.05) is 11.1 Å². The number of rotatable bonds is 5. The van der Waals surface area contributed by atoms with Gasteiger partial charge in [0.25, 0.3) is 0 Å². The van der Waals surface area contributed by atoms with Crippen LogP contribution in [-0.4, -0.2) is 9.97 Å². The van der Waals surface area contributed by atoms with Crippen LogP contribution in [0.25, 0.3) is 0 Å². The minimum Gasteiger partial charge on any atom is -0.384 e. The number of hydrogen-bond donors (Lipinski definition) is 2. The Morgan fingerprint density at radius 3 is 2.45 bits per heavy atom. The van der Waals surface area contributed by atoms with Gasteiger partial charge in [-0.05, 0) is 17.0 Å². The molecular formula is C16H22N4. The van der Waals surface area contributed by atoms with Crippen molar-refractivity contribution in [3.8, 4) is 0 Å². The van der Waals surface area contributed by atoms with Crippen LogP contribution in [0.5, 0.6) is 0 Å². The number of nitrogen functional groups attached to an aromatic ring is 1. The monoisotopic (exact) mass is 270 g/mol. The Morgan fingerprint density at radius 1 is 1.15 bits per heavy atom. The average Bonchev–Trinajstić information content (AvgIpc) is 2.45. The van der Waals surface area contributed by atoms with Gasteiger partial charge in [-0.25, -0.2) is 9.97 Å². The van der Waals surface area contributed by atoms with Crippen LogP contribution >= 0.6 is 0 Å². The summed E-state index contributed by atoms with van der Waals surface area (Å²) < 4.78 is 0. The Hall–Kier alpha value is -2.10. The Kier molecular flexibility index (Phi) is 4.56. The van der Waals surface area contributed by atoms with Gasteiger partial charge in [-0.3, -0.25) is 0 Å². The molecule has 0 unspecified atom stereocenters. The number of aromatic nitrogens is 2. The summed E-state index contributed by atoms with van der Waals surface area (Å²) in [4.78, 5) is 8.58. The summed E-state index contributed by atoms with van der Waals surface area (Å²) >= 11 is 0. The van der Waals surface area contributed by atoms with Crippen molar-refractivity contribution in [2.45, 2.75) is 39.7 Å². The second-order valence-corrected chi connectivity index (χ2v) is 5.20.